The van der Waals surface area contributed by atoms with Crippen molar-refractivity contribution in [1.29, 1.82) is 0 Å². The summed E-state index contributed by atoms with van der Waals surface area (Å²) in [5, 5.41) is 11.0. The standard InChI is InChI=1S/C9H14N4O3S/c1-5-6(2)11-12-9(5)13-4-7(3-8(13)14)17(10,15)16/h7H,3-4H2,1-2H3,(H,11,12)(H2,10,15,16). The van der Waals surface area contributed by atoms with Crippen molar-refractivity contribution in [3.05, 3.63) is 11.3 Å². The zero-order valence-corrected chi connectivity index (χ0v) is 10.4. The molecule has 17 heavy (non-hydrogen) atoms. The normalized spacial score (nSPS) is 21.2. The molecule has 1 amide bonds. The minimum absolute atomic E-state index is 0.0722. The molecule has 0 spiro atoms. The highest BCUT2D eigenvalue weighted by Crippen LogP contribution is 2.26. The number of anilines is 1. The summed E-state index contributed by atoms with van der Waals surface area (Å²) < 4.78 is 22.4. The highest BCUT2D eigenvalue weighted by Gasteiger charge is 2.38. The summed E-state index contributed by atoms with van der Waals surface area (Å²) in [5.41, 5.74) is 1.69. The SMILES string of the molecule is Cc1[nH]nc(N2CC(S(N)(=O)=O)CC2=O)c1C. The van der Waals surface area contributed by atoms with Crippen LogP contribution in [0, 0.1) is 13.8 Å². The van der Waals surface area contributed by atoms with Gasteiger partial charge in [0.15, 0.2) is 5.82 Å². The summed E-state index contributed by atoms with van der Waals surface area (Å²) in [5.74, 6) is 0.220. The average molecular weight is 258 g/mol. The maximum absolute atomic E-state index is 11.7. The van der Waals surface area contributed by atoms with Gasteiger partial charge >= 0.3 is 0 Å². The van der Waals surface area contributed by atoms with E-state index in [1.54, 1.807) is 0 Å². The monoisotopic (exact) mass is 258 g/mol. The molecular formula is C9H14N4O3S. The van der Waals surface area contributed by atoms with Crippen molar-refractivity contribution in [1.82, 2.24) is 10.2 Å². The van der Waals surface area contributed by atoms with Gasteiger partial charge in [0, 0.05) is 24.2 Å². The predicted molar refractivity (Wildman–Crippen MR) is 61.9 cm³/mol. The molecule has 0 bridgehead atoms. The van der Waals surface area contributed by atoms with Crippen LogP contribution in [0.3, 0.4) is 0 Å². The molecule has 94 valence electrons. The Labute approximate surface area is 99.0 Å². The van der Waals surface area contributed by atoms with Gasteiger partial charge < -0.3 is 0 Å². The fraction of sp³-hybridized carbons (Fsp3) is 0.556. The summed E-state index contributed by atoms with van der Waals surface area (Å²) in [7, 11) is -3.68. The van der Waals surface area contributed by atoms with Crippen LogP contribution < -0.4 is 10.0 Å². The van der Waals surface area contributed by atoms with Crippen LogP contribution in [-0.4, -0.2) is 36.3 Å². The molecule has 1 atom stereocenters. The van der Waals surface area contributed by atoms with Crippen molar-refractivity contribution in [2.24, 2.45) is 5.14 Å². The highest BCUT2D eigenvalue weighted by molar-refractivity contribution is 7.89. The second-order valence-corrected chi connectivity index (χ2v) is 6.06. The molecule has 1 unspecified atom stereocenters. The lowest BCUT2D eigenvalue weighted by molar-refractivity contribution is -0.117. The smallest absolute Gasteiger partial charge is 0.229 e. The number of aromatic nitrogens is 2. The molecule has 0 aromatic carbocycles. The largest absolute Gasteiger partial charge is 0.294 e. The van der Waals surface area contributed by atoms with E-state index in [1.807, 2.05) is 13.8 Å². The van der Waals surface area contributed by atoms with Gasteiger partial charge in [-0.15, -0.1) is 0 Å². The lowest BCUT2D eigenvalue weighted by atomic mass is 10.2. The third-order valence-corrected chi connectivity index (χ3v) is 4.28. The molecule has 1 saturated heterocycles. The van der Waals surface area contributed by atoms with Crippen molar-refractivity contribution < 1.29 is 13.2 Å². The Morgan fingerprint density at radius 2 is 2.12 bits per heavy atom. The number of aromatic amines is 1. The first-order valence-electron chi connectivity index (χ1n) is 5.14. The summed E-state index contributed by atoms with van der Waals surface area (Å²) in [6, 6.07) is 0. The van der Waals surface area contributed by atoms with E-state index in [0.29, 0.717) is 5.82 Å². The molecule has 1 aromatic rings. The minimum Gasteiger partial charge on any atom is -0.294 e. The molecule has 8 heteroatoms. The van der Waals surface area contributed by atoms with Crippen molar-refractivity contribution in [3.63, 3.8) is 0 Å². The number of aryl methyl sites for hydroxylation is 1. The van der Waals surface area contributed by atoms with Gasteiger partial charge in [-0.1, -0.05) is 0 Å². The fourth-order valence-electron chi connectivity index (χ4n) is 1.83. The van der Waals surface area contributed by atoms with E-state index in [-0.39, 0.29) is 18.9 Å². The van der Waals surface area contributed by atoms with E-state index in [1.165, 1.54) is 4.90 Å². The number of carbonyl (C=O) groups is 1. The molecule has 7 nitrogen and oxygen atoms in total. The van der Waals surface area contributed by atoms with Crippen LogP contribution in [0.4, 0.5) is 5.82 Å². The summed E-state index contributed by atoms with van der Waals surface area (Å²) in [6.07, 6.45) is -0.0792. The van der Waals surface area contributed by atoms with Crippen LogP contribution in [0.5, 0.6) is 0 Å². The Kier molecular flexibility index (Phi) is 2.70. The number of rotatable bonds is 2. The van der Waals surface area contributed by atoms with Crippen LogP contribution in [0.15, 0.2) is 0 Å². The van der Waals surface area contributed by atoms with E-state index in [2.05, 4.69) is 10.2 Å². The number of H-pyrrole nitrogens is 1. The van der Waals surface area contributed by atoms with Gasteiger partial charge in [-0.2, -0.15) is 5.10 Å². The molecular weight excluding hydrogens is 244 g/mol. The zero-order chi connectivity index (χ0) is 12.8. The van der Waals surface area contributed by atoms with Gasteiger partial charge in [-0.25, -0.2) is 13.6 Å². The molecule has 3 N–H and O–H groups in total. The second-order valence-electron chi connectivity index (χ2n) is 4.22. The van der Waals surface area contributed by atoms with Crippen LogP contribution in [-0.2, 0) is 14.8 Å². The number of hydrogen-bond donors (Lipinski definition) is 2. The van der Waals surface area contributed by atoms with E-state index < -0.39 is 15.3 Å². The number of primary sulfonamides is 1. The van der Waals surface area contributed by atoms with Crippen molar-refractivity contribution in [3.8, 4) is 0 Å². The Balaban J connectivity index is 2.31. The first kappa shape index (κ1) is 12.1. The van der Waals surface area contributed by atoms with Gasteiger partial charge in [0.2, 0.25) is 15.9 Å². The summed E-state index contributed by atoms with van der Waals surface area (Å²) in [4.78, 5) is 13.1. The Bertz CT molecular complexity index is 563. The van der Waals surface area contributed by atoms with Crippen molar-refractivity contribution in [2.75, 3.05) is 11.4 Å². The van der Waals surface area contributed by atoms with Crippen LogP contribution in [0.1, 0.15) is 17.7 Å². The fourth-order valence-corrected chi connectivity index (χ4v) is 2.57. The third kappa shape index (κ3) is 2.05. The number of amides is 1. The molecule has 1 fully saturated rings. The molecule has 0 radical (unpaired) electrons. The molecule has 0 saturated carbocycles. The zero-order valence-electron chi connectivity index (χ0n) is 9.60. The van der Waals surface area contributed by atoms with E-state index >= 15 is 0 Å². The van der Waals surface area contributed by atoms with E-state index in [9.17, 15) is 13.2 Å². The predicted octanol–water partition coefficient (Wildman–Crippen LogP) is -0.580. The maximum Gasteiger partial charge on any atom is 0.229 e. The van der Waals surface area contributed by atoms with Crippen molar-refractivity contribution >= 4 is 21.7 Å². The summed E-state index contributed by atoms with van der Waals surface area (Å²) in [6.45, 7) is 3.73. The maximum atomic E-state index is 11.7. The third-order valence-electron chi connectivity index (χ3n) is 3.04. The van der Waals surface area contributed by atoms with E-state index in [0.717, 1.165) is 11.3 Å². The number of carbonyl (C=O) groups excluding carboxylic acids is 1. The number of nitrogens with zero attached hydrogens (tertiary/aromatic N) is 2. The average Bonchev–Trinajstić information content (AvgIpc) is 2.72. The van der Waals surface area contributed by atoms with Crippen LogP contribution in [0.2, 0.25) is 0 Å². The molecule has 1 aromatic heterocycles. The lowest BCUT2D eigenvalue weighted by Crippen LogP contribution is -2.32. The first-order chi connectivity index (χ1) is 7.80. The van der Waals surface area contributed by atoms with Crippen molar-refractivity contribution in [2.45, 2.75) is 25.5 Å². The van der Waals surface area contributed by atoms with Gasteiger partial charge in [0.05, 0.1) is 0 Å². The van der Waals surface area contributed by atoms with Gasteiger partial charge in [-0.3, -0.25) is 14.8 Å². The van der Waals surface area contributed by atoms with Gasteiger partial charge in [0.25, 0.3) is 0 Å². The first-order valence-corrected chi connectivity index (χ1v) is 6.75. The number of nitrogens with one attached hydrogen (secondary N) is 1. The van der Waals surface area contributed by atoms with E-state index in [4.69, 9.17) is 5.14 Å². The summed E-state index contributed by atoms with van der Waals surface area (Å²) >= 11 is 0. The number of sulfonamides is 1. The topological polar surface area (TPSA) is 109 Å². The van der Waals surface area contributed by atoms with Gasteiger partial charge in [-0.05, 0) is 13.8 Å². The highest BCUT2D eigenvalue weighted by atomic mass is 32.2. The number of hydrogen-bond acceptors (Lipinski definition) is 4. The Morgan fingerprint density at radius 1 is 1.47 bits per heavy atom. The Hall–Kier alpha value is -1.41. The molecule has 1 aliphatic rings. The molecule has 0 aliphatic carbocycles. The lowest BCUT2D eigenvalue weighted by Gasteiger charge is -2.13. The second kappa shape index (κ2) is 3.81. The molecule has 1 aliphatic heterocycles. The van der Waals surface area contributed by atoms with Crippen LogP contribution >= 0.6 is 0 Å². The van der Waals surface area contributed by atoms with Crippen LogP contribution in [0.25, 0.3) is 0 Å². The molecule has 2 rings (SSSR count). The minimum atomic E-state index is -3.68. The Morgan fingerprint density at radius 3 is 2.53 bits per heavy atom. The van der Waals surface area contributed by atoms with Gasteiger partial charge in [0.1, 0.15) is 5.25 Å². The molecule has 2 heterocycles. The quantitative estimate of drug-likeness (QED) is 0.739. The number of nitrogens with two attached hydrogens (primary N) is 1.